The Balaban J connectivity index is 2.32. The van der Waals surface area contributed by atoms with Crippen LogP contribution in [-0.2, 0) is 9.53 Å². The predicted molar refractivity (Wildman–Crippen MR) is 50.9 cm³/mol. The van der Waals surface area contributed by atoms with Crippen LogP contribution in [0.3, 0.4) is 0 Å². The molecule has 0 spiro atoms. The van der Waals surface area contributed by atoms with Crippen molar-refractivity contribution in [3.05, 3.63) is 22.5 Å². The van der Waals surface area contributed by atoms with Crippen molar-refractivity contribution >= 4 is 11.7 Å². The van der Waals surface area contributed by atoms with Gasteiger partial charge in [-0.2, -0.15) is 4.57 Å². The van der Waals surface area contributed by atoms with E-state index in [2.05, 4.69) is 4.98 Å². The summed E-state index contributed by atoms with van der Waals surface area (Å²) in [4.78, 5) is 24.7. The Kier molecular flexibility index (Phi) is 2.88. The Hall–Kier alpha value is -1.84. The summed E-state index contributed by atoms with van der Waals surface area (Å²) >= 11 is 0. The third-order valence-corrected chi connectivity index (χ3v) is 2.43. The van der Waals surface area contributed by atoms with Crippen molar-refractivity contribution in [3.63, 3.8) is 0 Å². The molecule has 2 rings (SSSR count). The molecule has 92 valence electrons. The minimum absolute atomic E-state index is 0.541. The first-order valence-corrected chi connectivity index (χ1v) is 4.71. The van der Waals surface area contributed by atoms with Gasteiger partial charge in [-0.3, -0.25) is 4.79 Å². The summed E-state index contributed by atoms with van der Waals surface area (Å²) in [5, 5.41) is 29.0. The van der Waals surface area contributed by atoms with E-state index in [1.54, 1.807) is 0 Å². The topological polar surface area (TPSA) is 128 Å². The summed E-state index contributed by atoms with van der Waals surface area (Å²) in [6, 6.07) is 0. The van der Waals surface area contributed by atoms with Gasteiger partial charge in [-0.1, -0.05) is 4.98 Å². The standard InChI is InChI=1S/C8H9N3O6/c12-3-4-5(13)6(14)7(17-4)10-2-1-9-8(10)11(15)16/h1-2,4,6-7,12,14H,3H2/t4-,6+,7-/m1/s1. The lowest BCUT2D eigenvalue weighted by Crippen LogP contribution is -2.27. The summed E-state index contributed by atoms with van der Waals surface area (Å²) in [7, 11) is 0. The first-order chi connectivity index (χ1) is 8.06. The molecule has 0 bridgehead atoms. The van der Waals surface area contributed by atoms with Gasteiger partial charge < -0.3 is 25.1 Å². The molecule has 1 aliphatic heterocycles. The Morgan fingerprint density at radius 1 is 1.65 bits per heavy atom. The zero-order valence-electron chi connectivity index (χ0n) is 8.46. The van der Waals surface area contributed by atoms with E-state index < -0.39 is 41.7 Å². The van der Waals surface area contributed by atoms with Crippen LogP contribution in [0.4, 0.5) is 5.95 Å². The molecule has 2 N–H and O–H groups in total. The van der Waals surface area contributed by atoms with Crippen molar-refractivity contribution in [3.8, 4) is 0 Å². The van der Waals surface area contributed by atoms with E-state index in [0.29, 0.717) is 0 Å². The van der Waals surface area contributed by atoms with Gasteiger partial charge in [-0.25, -0.2) is 0 Å². The van der Waals surface area contributed by atoms with Gasteiger partial charge in [0.05, 0.1) is 6.61 Å². The number of nitro groups is 1. The molecule has 1 saturated heterocycles. The molecule has 1 fully saturated rings. The van der Waals surface area contributed by atoms with Crippen LogP contribution in [0.25, 0.3) is 0 Å². The SMILES string of the molecule is O=C1[C@@H](CO)O[C@@H](n2ccnc2[N+](=O)[O-])[C@H]1O. The number of ether oxygens (including phenoxy) is 1. The van der Waals surface area contributed by atoms with Crippen molar-refractivity contribution in [2.24, 2.45) is 0 Å². The minimum Gasteiger partial charge on any atom is -0.393 e. The zero-order valence-corrected chi connectivity index (χ0v) is 8.46. The fraction of sp³-hybridized carbons (Fsp3) is 0.500. The van der Waals surface area contributed by atoms with Crippen LogP contribution >= 0.6 is 0 Å². The predicted octanol–water partition coefficient (Wildman–Crippen LogP) is -1.39. The lowest BCUT2D eigenvalue weighted by molar-refractivity contribution is -0.398. The van der Waals surface area contributed by atoms with Gasteiger partial charge >= 0.3 is 5.95 Å². The molecule has 0 saturated carbocycles. The summed E-state index contributed by atoms with van der Waals surface area (Å²) < 4.78 is 5.98. The molecule has 0 amide bonds. The molecule has 0 aliphatic carbocycles. The number of aliphatic hydroxyl groups excluding tert-OH is 2. The van der Waals surface area contributed by atoms with Gasteiger partial charge in [-0.05, 0) is 4.92 Å². The molecular formula is C8H9N3O6. The van der Waals surface area contributed by atoms with E-state index in [1.807, 2.05) is 0 Å². The lowest BCUT2D eigenvalue weighted by atomic mass is 10.2. The van der Waals surface area contributed by atoms with Gasteiger partial charge in [-0.15, -0.1) is 0 Å². The number of aliphatic hydroxyl groups is 2. The number of rotatable bonds is 3. The van der Waals surface area contributed by atoms with Crippen LogP contribution < -0.4 is 0 Å². The fourth-order valence-electron chi connectivity index (χ4n) is 1.64. The number of hydrogen-bond donors (Lipinski definition) is 2. The molecule has 0 radical (unpaired) electrons. The van der Waals surface area contributed by atoms with Gasteiger partial charge in [0.1, 0.15) is 18.5 Å². The van der Waals surface area contributed by atoms with Crippen LogP contribution in [0.15, 0.2) is 12.4 Å². The second kappa shape index (κ2) is 4.20. The molecular weight excluding hydrogens is 234 g/mol. The van der Waals surface area contributed by atoms with Crippen molar-refractivity contribution in [2.75, 3.05) is 6.61 Å². The summed E-state index contributed by atoms with van der Waals surface area (Å²) in [6.07, 6.45) is -1.58. The average Bonchev–Trinajstić information content (AvgIpc) is 2.86. The van der Waals surface area contributed by atoms with Crippen LogP contribution in [0.2, 0.25) is 0 Å². The number of aromatic nitrogens is 2. The van der Waals surface area contributed by atoms with Gasteiger partial charge in [0.2, 0.25) is 6.23 Å². The van der Waals surface area contributed by atoms with Crippen LogP contribution in [-0.4, -0.2) is 49.3 Å². The van der Waals surface area contributed by atoms with Gasteiger partial charge in [0.25, 0.3) is 0 Å². The molecule has 9 nitrogen and oxygen atoms in total. The van der Waals surface area contributed by atoms with Gasteiger partial charge in [0, 0.05) is 0 Å². The molecule has 0 aromatic carbocycles. The second-order valence-corrected chi connectivity index (χ2v) is 3.44. The average molecular weight is 243 g/mol. The third kappa shape index (κ3) is 1.79. The van der Waals surface area contributed by atoms with Crippen molar-refractivity contribution in [1.82, 2.24) is 9.55 Å². The molecule has 1 aromatic rings. The molecule has 17 heavy (non-hydrogen) atoms. The maximum absolute atomic E-state index is 11.4. The second-order valence-electron chi connectivity index (χ2n) is 3.44. The van der Waals surface area contributed by atoms with E-state index >= 15 is 0 Å². The first kappa shape index (κ1) is 11.6. The number of hydrogen-bond acceptors (Lipinski definition) is 7. The van der Waals surface area contributed by atoms with Crippen molar-refractivity contribution in [2.45, 2.75) is 18.4 Å². The van der Waals surface area contributed by atoms with E-state index in [1.165, 1.54) is 6.20 Å². The zero-order chi connectivity index (χ0) is 12.6. The van der Waals surface area contributed by atoms with E-state index in [9.17, 15) is 20.0 Å². The highest BCUT2D eigenvalue weighted by atomic mass is 16.6. The van der Waals surface area contributed by atoms with E-state index in [0.717, 1.165) is 10.8 Å². The molecule has 1 aromatic heterocycles. The van der Waals surface area contributed by atoms with Crippen LogP contribution in [0.5, 0.6) is 0 Å². The molecule has 0 unspecified atom stereocenters. The monoisotopic (exact) mass is 243 g/mol. The highest BCUT2D eigenvalue weighted by molar-refractivity contribution is 5.89. The number of Topliss-reactive ketones (excluding diaryl/α,β-unsaturated/α-hetero) is 1. The lowest BCUT2D eigenvalue weighted by Gasteiger charge is -2.11. The third-order valence-electron chi connectivity index (χ3n) is 2.43. The number of imidazole rings is 1. The number of nitrogens with zero attached hydrogens (tertiary/aromatic N) is 3. The Bertz CT molecular complexity index is 458. The number of carbonyl (C=O) groups excluding carboxylic acids is 1. The fourth-order valence-corrected chi connectivity index (χ4v) is 1.64. The number of ketones is 1. The Morgan fingerprint density at radius 2 is 2.35 bits per heavy atom. The normalized spacial score (nSPS) is 28.6. The molecule has 2 heterocycles. The summed E-state index contributed by atoms with van der Waals surface area (Å²) in [6.45, 7) is -0.588. The van der Waals surface area contributed by atoms with E-state index in [-0.39, 0.29) is 0 Å². The highest BCUT2D eigenvalue weighted by Crippen LogP contribution is 2.28. The van der Waals surface area contributed by atoms with E-state index in [4.69, 9.17) is 9.84 Å². The Morgan fingerprint density at radius 3 is 2.88 bits per heavy atom. The maximum Gasteiger partial charge on any atom is 0.436 e. The summed E-state index contributed by atoms with van der Waals surface area (Å²) in [5.74, 6) is -1.25. The Labute approximate surface area is 94.4 Å². The van der Waals surface area contributed by atoms with Crippen molar-refractivity contribution in [1.29, 1.82) is 0 Å². The minimum atomic E-state index is -1.56. The van der Waals surface area contributed by atoms with Crippen LogP contribution in [0.1, 0.15) is 6.23 Å². The largest absolute Gasteiger partial charge is 0.436 e. The summed E-state index contributed by atoms with van der Waals surface area (Å²) in [5.41, 5.74) is 0. The van der Waals surface area contributed by atoms with Crippen molar-refractivity contribution < 1.29 is 24.7 Å². The maximum atomic E-state index is 11.4. The molecule has 3 atom stereocenters. The molecule has 1 aliphatic rings. The number of carbonyl (C=O) groups is 1. The molecule has 9 heteroatoms. The van der Waals surface area contributed by atoms with Crippen LogP contribution in [0, 0.1) is 10.1 Å². The quantitative estimate of drug-likeness (QED) is 0.494. The smallest absolute Gasteiger partial charge is 0.393 e. The first-order valence-electron chi connectivity index (χ1n) is 4.71. The van der Waals surface area contributed by atoms with Gasteiger partial charge in [0.15, 0.2) is 11.9 Å². The highest BCUT2D eigenvalue weighted by Gasteiger charge is 2.46.